The molecule has 108 valence electrons. The molecule has 3 nitrogen and oxygen atoms in total. The van der Waals surface area contributed by atoms with Gasteiger partial charge in [0.25, 0.3) is 0 Å². The Morgan fingerprint density at radius 2 is 1.95 bits per heavy atom. The highest BCUT2D eigenvalue weighted by Crippen LogP contribution is 2.38. The van der Waals surface area contributed by atoms with Crippen molar-refractivity contribution in [3.05, 3.63) is 40.2 Å². The molecule has 0 bridgehead atoms. The standard InChI is InChI=1S/C15H18ClNO2S/c1-9(2)7-19-15(18)13-12(8-20-14(13)17)10-3-5-11(16)6-4-10/h3-6,8-9,15,18H,7,17H2,1-2H3. The molecule has 20 heavy (non-hydrogen) atoms. The van der Waals surface area contributed by atoms with Gasteiger partial charge in [-0.25, -0.2) is 0 Å². The van der Waals surface area contributed by atoms with Crippen LogP contribution in [0.4, 0.5) is 5.00 Å². The molecule has 0 spiro atoms. The number of thiophene rings is 1. The number of nitrogens with two attached hydrogens (primary N) is 1. The van der Waals surface area contributed by atoms with E-state index in [9.17, 15) is 5.11 Å². The third kappa shape index (κ3) is 3.52. The number of nitrogen functional groups attached to an aromatic ring is 1. The normalized spacial score (nSPS) is 12.8. The Hall–Kier alpha value is -1.07. The molecule has 0 saturated carbocycles. The average molecular weight is 312 g/mol. The molecular formula is C15H18ClNO2S. The third-order valence-electron chi connectivity index (χ3n) is 2.85. The summed E-state index contributed by atoms with van der Waals surface area (Å²) in [6, 6.07) is 7.44. The fraction of sp³-hybridized carbons (Fsp3) is 0.333. The van der Waals surface area contributed by atoms with Crippen molar-refractivity contribution in [3.63, 3.8) is 0 Å². The quantitative estimate of drug-likeness (QED) is 0.809. The predicted octanol–water partition coefficient (Wildman–Crippen LogP) is 4.31. The van der Waals surface area contributed by atoms with E-state index in [0.717, 1.165) is 11.1 Å². The molecule has 0 radical (unpaired) electrons. The van der Waals surface area contributed by atoms with E-state index < -0.39 is 6.29 Å². The minimum absolute atomic E-state index is 0.350. The van der Waals surface area contributed by atoms with Crippen molar-refractivity contribution >= 4 is 27.9 Å². The fourth-order valence-corrected chi connectivity index (χ4v) is 2.83. The first-order chi connectivity index (χ1) is 9.49. The smallest absolute Gasteiger partial charge is 0.184 e. The van der Waals surface area contributed by atoms with Crippen LogP contribution in [0.2, 0.25) is 5.02 Å². The van der Waals surface area contributed by atoms with E-state index in [4.69, 9.17) is 22.1 Å². The van der Waals surface area contributed by atoms with Crippen molar-refractivity contribution in [3.8, 4) is 11.1 Å². The highest BCUT2D eigenvalue weighted by molar-refractivity contribution is 7.14. The van der Waals surface area contributed by atoms with Gasteiger partial charge >= 0.3 is 0 Å². The molecule has 0 saturated heterocycles. The Kier molecular flexibility index (Phi) is 5.05. The van der Waals surface area contributed by atoms with Gasteiger partial charge in [-0.15, -0.1) is 11.3 Å². The second-order valence-electron chi connectivity index (χ2n) is 5.01. The highest BCUT2D eigenvalue weighted by atomic mass is 35.5. The monoisotopic (exact) mass is 311 g/mol. The maximum absolute atomic E-state index is 10.2. The van der Waals surface area contributed by atoms with Gasteiger partial charge in [-0.05, 0) is 23.6 Å². The lowest BCUT2D eigenvalue weighted by atomic mass is 10.0. The van der Waals surface area contributed by atoms with Crippen molar-refractivity contribution < 1.29 is 9.84 Å². The van der Waals surface area contributed by atoms with E-state index in [0.29, 0.717) is 28.1 Å². The molecule has 2 aromatic rings. The summed E-state index contributed by atoms with van der Waals surface area (Å²) >= 11 is 7.29. The first kappa shape index (κ1) is 15.3. The maximum atomic E-state index is 10.2. The van der Waals surface area contributed by atoms with Crippen LogP contribution in [0.5, 0.6) is 0 Å². The summed E-state index contributed by atoms with van der Waals surface area (Å²) in [7, 11) is 0. The summed E-state index contributed by atoms with van der Waals surface area (Å²) in [5.74, 6) is 0.350. The van der Waals surface area contributed by atoms with Gasteiger partial charge in [-0.3, -0.25) is 0 Å². The van der Waals surface area contributed by atoms with Crippen LogP contribution >= 0.6 is 22.9 Å². The Bertz CT molecular complexity index is 566. The van der Waals surface area contributed by atoms with Gasteiger partial charge in [0, 0.05) is 21.5 Å². The maximum Gasteiger partial charge on any atom is 0.184 e. The predicted molar refractivity (Wildman–Crippen MR) is 84.9 cm³/mol. The number of aliphatic hydroxyl groups excluding tert-OH is 1. The zero-order valence-corrected chi connectivity index (χ0v) is 13.0. The van der Waals surface area contributed by atoms with Crippen LogP contribution in [0.15, 0.2) is 29.6 Å². The number of benzene rings is 1. The van der Waals surface area contributed by atoms with Crippen molar-refractivity contribution in [1.29, 1.82) is 0 Å². The van der Waals surface area contributed by atoms with Crippen LogP contribution in [-0.4, -0.2) is 11.7 Å². The lowest BCUT2D eigenvalue weighted by Gasteiger charge is -2.16. The molecule has 0 aliphatic rings. The van der Waals surface area contributed by atoms with Gasteiger partial charge in [0.15, 0.2) is 6.29 Å². The van der Waals surface area contributed by atoms with E-state index in [1.807, 2.05) is 43.5 Å². The lowest BCUT2D eigenvalue weighted by Crippen LogP contribution is -2.10. The van der Waals surface area contributed by atoms with Crippen LogP contribution in [0.25, 0.3) is 11.1 Å². The molecule has 5 heteroatoms. The summed E-state index contributed by atoms with van der Waals surface area (Å²) in [6.45, 7) is 4.55. The number of rotatable bonds is 5. The number of ether oxygens (including phenoxy) is 1. The largest absolute Gasteiger partial charge is 0.390 e. The van der Waals surface area contributed by atoms with Crippen LogP contribution in [0.1, 0.15) is 25.7 Å². The van der Waals surface area contributed by atoms with Gasteiger partial charge in [-0.1, -0.05) is 37.6 Å². The Morgan fingerprint density at radius 3 is 2.55 bits per heavy atom. The number of anilines is 1. The van der Waals surface area contributed by atoms with Crippen LogP contribution in [-0.2, 0) is 4.74 Å². The van der Waals surface area contributed by atoms with Crippen molar-refractivity contribution in [2.45, 2.75) is 20.1 Å². The van der Waals surface area contributed by atoms with E-state index in [1.165, 1.54) is 11.3 Å². The molecular weight excluding hydrogens is 294 g/mol. The molecule has 0 fully saturated rings. The van der Waals surface area contributed by atoms with Crippen LogP contribution in [0.3, 0.4) is 0 Å². The van der Waals surface area contributed by atoms with E-state index in [2.05, 4.69) is 0 Å². The van der Waals surface area contributed by atoms with E-state index in [1.54, 1.807) is 0 Å². The second-order valence-corrected chi connectivity index (χ2v) is 6.36. The summed E-state index contributed by atoms with van der Waals surface area (Å²) in [4.78, 5) is 0. The van der Waals surface area contributed by atoms with Crippen molar-refractivity contribution in [2.75, 3.05) is 12.3 Å². The number of aliphatic hydroxyl groups is 1. The first-order valence-corrected chi connectivity index (χ1v) is 7.67. The molecule has 1 heterocycles. The first-order valence-electron chi connectivity index (χ1n) is 6.41. The fourth-order valence-electron chi connectivity index (χ4n) is 1.86. The zero-order chi connectivity index (χ0) is 14.7. The average Bonchev–Trinajstić information content (AvgIpc) is 2.79. The van der Waals surface area contributed by atoms with Gasteiger partial charge in [0.05, 0.1) is 11.6 Å². The number of hydrogen-bond acceptors (Lipinski definition) is 4. The minimum atomic E-state index is -1.01. The molecule has 2 rings (SSSR count). The molecule has 1 atom stereocenters. The minimum Gasteiger partial charge on any atom is -0.390 e. The van der Waals surface area contributed by atoms with E-state index >= 15 is 0 Å². The van der Waals surface area contributed by atoms with Crippen LogP contribution < -0.4 is 5.73 Å². The number of halogens is 1. The summed E-state index contributed by atoms with van der Waals surface area (Å²) in [6.07, 6.45) is -1.01. The van der Waals surface area contributed by atoms with Gasteiger partial charge in [-0.2, -0.15) is 0 Å². The highest BCUT2D eigenvalue weighted by Gasteiger charge is 2.20. The summed E-state index contributed by atoms with van der Waals surface area (Å²) in [5.41, 5.74) is 8.46. The molecule has 0 amide bonds. The Balaban J connectivity index is 2.29. The summed E-state index contributed by atoms with van der Waals surface area (Å²) < 4.78 is 5.47. The molecule has 1 aromatic heterocycles. The number of hydrogen-bond donors (Lipinski definition) is 2. The van der Waals surface area contributed by atoms with E-state index in [-0.39, 0.29) is 0 Å². The van der Waals surface area contributed by atoms with Gasteiger partial charge in [0.1, 0.15) is 0 Å². The van der Waals surface area contributed by atoms with Crippen molar-refractivity contribution in [2.24, 2.45) is 5.92 Å². The SMILES string of the molecule is CC(C)COC(O)c1c(-c2ccc(Cl)cc2)csc1N. The third-order valence-corrected chi connectivity index (χ3v) is 3.93. The Labute approximate surface area is 128 Å². The van der Waals surface area contributed by atoms with Crippen LogP contribution in [0, 0.1) is 5.92 Å². The molecule has 1 unspecified atom stereocenters. The molecule has 3 N–H and O–H groups in total. The summed E-state index contributed by atoms with van der Waals surface area (Å²) in [5, 5.41) is 13.4. The molecule has 0 aliphatic carbocycles. The Morgan fingerprint density at radius 1 is 1.30 bits per heavy atom. The molecule has 1 aromatic carbocycles. The topological polar surface area (TPSA) is 55.5 Å². The van der Waals surface area contributed by atoms with Gasteiger partial charge in [0.2, 0.25) is 0 Å². The van der Waals surface area contributed by atoms with Crippen molar-refractivity contribution in [1.82, 2.24) is 0 Å². The lowest BCUT2D eigenvalue weighted by molar-refractivity contribution is -0.109. The second kappa shape index (κ2) is 6.59. The van der Waals surface area contributed by atoms with Gasteiger partial charge < -0.3 is 15.6 Å². The molecule has 0 aliphatic heterocycles. The zero-order valence-electron chi connectivity index (χ0n) is 11.5.